The Morgan fingerprint density at radius 3 is 2.88 bits per heavy atom. The summed E-state index contributed by atoms with van der Waals surface area (Å²) in [6.07, 6.45) is 3.46. The zero-order valence-electron chi connectivity index (χ0n) is 18.3. The number of rotatable bonds is 6. The Morgan fingerprint density at radius 1 is 1.24 bits per heavy atom. The van der Waals surface area contributed by atoms with Crippen molar-refractivity contribution in [1.29, 1.82) is 5.26 Å². The minimum atomic E-state index is -0.128. The fourth-order valence-corrected chi connectivity index (χ4v) is 4.05. The van der Waals surface area contributed by atoms with Crippen LogP contribution < -0.4 is 10.6 Å². The third-order valence-electron chi connectivity index (χ3n) is 5.68. The first-order valence-electron chi connectivity index (χ1n) is 10.8. The van der Waals surface area contributed by atoms with Crippen LogP contribution in [0.25, 0.3) is 22.4 Å². The van der Waals surface area contributed by atoms with Crippen molar-refractivity contribution in [3.8, 4) is 11.9 Å². The minimum Gasteiger partial charge on any atom is -0.379 e. The number of hydrogen-bond donors (Lipinski definition) is 2. The van der Waals surface area contributed by atoms with Gasteiger partial charge in [-0.05, 0) is 18.2 Å². The molecule has 1 amide bonds. The van der Waals surface area contributed by atoms with Crippen LogP contribution in [0.3, 0.4) is 0 Å². The molecule has 1 aromatic carbocycles. The molecule has 168 valence electrons. The van der Waals surface area contributed by atoms with E-state index in [1.807, 2.05) is 41.1 Å². The van der Waals surface area contributed by atoms with Crippen LogP contribution in [-0.2, 0) is 9.53 Å². The predicted octanol–water partition coefficient (Wildman–Crippen LogP) is 2.25. The van der Waals surface area contributed by atoms with Gasteiger partial charge in [0.1, 0.15) is 23.3 Å². The smallest absolute Gasteiger partial charge is 0.221 e. The molecule has 0 saturated carbocycles. The summed E-state index contributed by atoms with van der Waals surface area (Å²) in [7, 11) is 0. The number of amides is 1. The Kier molecular flexibility index (Phi) is 5.64. The fraction of sp³-hybridized carbons (Fsp3) is 0.304. The van der Waals surface area contributed by atoms with E-state index in [2.05, 4.69) is 26.7 Å². The summed E-state index contributed by atoms with van der Waals surface area (Å²) < 4.78 is 9.03. The first-order chi connectivity index (χ1) is 16.1. The second-order valence-electron chi connectivity index (χ2n) is 7.93. The SMILES string of the molecule is CC(=O)Nc1ccc2ccn(-c3cc(NCCN4CCOCC4)n4ncc(C#N)c4n3)c2c1. The quantitative estimate of drug-likeness (QED) is 0.469. The van der Waals surface area contributed by atoms with Gasteiger partial charge in [-0.15, -0.1) is 0 Å². The summed E-state index contributed by atoms with van der Waals surface area (Å²) in [5.74, 6) is 1.28. The molecule has 4 aromatic rings. The molecule has 10 heteroatoms. The zero-order valence-corrected chi connectivity index (χ0v) is 18.3. The van der Waals surface area contributed by atoms with Crippen molar-refractivity contribution in [2.45, 2.75) is 6.92 Å². The van der Waals surface area contributed by atoms with Crippen LogP contribution in [0.15, 0.2) is 42.7 Å². The van der Waals surface area contributed by atoms with Crippen molar-refractivity contribution in [2.75, 3.05) is 50.0 Å². The van der Waals surface area contributed by atoms with Gasteiger partial charge in [0, 0.05) is 56.4 Å². The predicted molar refractivity (Wildman–Crippen MR) is 125 cm³/mol. The topological polar surface area (TPSA) is 113 Å². The molecule has 33 heavy (non-hydrogen) atoms. The molecule has 10 nitrogen and oxygen atoms in total. The molecular formula is C23H24N8O2. The van der Waals surface area contributed by atoms with E-state index in [1.54, 1.807) is 4.52 Å². The molecule has 2 N–H and O–H groups in total. The van der Waals surface area contributed by atoms with E-state index in [4.69, 9.17) is 9.72 Å². The number of aromatic nitrogens is 4. The number of ether oxygens (including phenoxy) is 1. The molecule has 3 aromatic heterocycles. The number of fused-ring (bicyclic) bond motifs is 2. The average Bonchev–Trinajstić information content (AvgIpc) is 3.43. The van der Waals surface area contributed by atoms with Crippen molar-refractivity contribution < 1.29 is 9.53 Å². The van der Waals surface area contributed by atoms with Crippen molar-refractivity contribution in [3.05, 3.63) is 48.3 Å². The highest BCUT2D eigenvalue weighted by Crippen LogP contribution is 2.25. The first kappa shape index (κ1) is 20.9. The lowest BCUT2D eigenvalue weighted by molar-refractivity contribution is -0.114. The molecule has 0 aliphatic carbocycles. The molecule has 0 unspecified atom stereocenters. The number of nitrogens with one attached hydrogen (secondary N) is 2. The number of anilines is 2. The van der Waals surface area contributed by atoms with Crippen molar-refractivity contribution in [2.24, 2.45) is 0 Å². The lowest BCUT2D eigenvalue weighted by Gasteiger charge is -2.26. The first-order valence-corrected chi connectivity index (χ1v) is 10.8. The Bertz CT molecular complexity index is 1360. The van der Waals surface area contributed by atoms with Gasteiger partial charge in [0.2, 0.25) is 5.91 Å². The van der Waals surface area contributed by atoms with E-state index >= 15 is 0 Å². The Balaban J connectivity index is 1.51. The van der Waals surface area contributed by atoms with E-state index < -0.39 is 0 Å². The molecular weight excluding hydrogens is 420 g/mol. The molecule has 1 aliphatic rings. The van der Waals surface area contributed by atoms with Crippen LogP contribution in [0.1, 0.15) is 12.5 Å². The van der Waals surface area contributed by atoms with Crippen molar-refractivity contribution in [1.82, 2.24) is 24.1 Å². The number of benzene rings is 1. The molecule has 0 spiro atoms. The maximum atomic E-state index is 11.5. The Labute approximate surface area is 190 Å². The van der Waals surface area contributed by atoms with Gasteiger partial charge in [-0.3, -0.25) is 9.69 Å². The molecule has 0 radical (unpaired) electrons. The number of hydrogen-bond acceptors (Lipinski definition) is 7. The maximum Gasteiger partial charge on any atom is 0.221 e. The normalized spacial score (nSPS) is 14.4. The van der Waals surface area contributed by atoms with Crippen LogP contribution in [0.4, 0.5) is 11.5 Å². The molecule has 1 fully saturated rings. The molecule has 4 heterocycles. The van der Waals surface area contributed by atoms with Gasteiger partial charge < -0.3 is 19.9 Å². The molecule has 1 saturated heterocycles. The van der Waals surface area contributed by atoms with Gasteiger partial charge in [-0.25, -0.2) is 4.98 Å². The summed E-state index contributed by atoms with van der Waals surface area (Å²) >= 11 is 0. The van der Waals surface area contributed by atoms with E-state index in [0.29, 0.717) is 22.7 Å². The molecule has 0 atom stereocenters. The summed E-state index contributed by atoms with van der Waals surface area (Å²) in [5.41, 5.74) is 2.50. The van der Waals surface area contributed by atoms with Crippen LogP contribution in [-0.4, -0.2) is 69.4 Å². The number of carbonyl (C=O) groups excluding carboxylic acids is 1. The summed E-state index contributed by atoms with van der Waals surface area (Å²) in [6, 6.07) is 11.8. The zero-order chi connectivity index (χ0) is 22.8. The van der Waals surface area contributed by atoms with Crippen molar-refractivity contribution >= 4 is 34.0 Å². The molecule has 0 bridgehead atoms. The van der Waals surface area contributed by atoms with Crippen molar-refractivity contribution in [3.63, 3.8) is 0 Å². The number of nitrogens with zero attached hydrogens (tertiary/aromatic N) is 6. The standard InChI is InChI=1S/C23H24N8O2/c1-16(32)27-19-3-2-17-4-6-30(20(17)12-19)22-13-21(25-5-7-29-8-10-33-11-9-29)31-23(28-22)18(14-24)15-26-31/h2-4,6,12-13,15,25H,5,7-11H2,1H3,(H,27,32). The molecule has 1 aliphatic heterocycles. The van der Waals surface area contributed by atoms with Crippen LogP contribution in [0.2, 0.25) is 0 Å². The summed E-state index contributed by atoms with van der Waals surface area (Å²) in [5, 5.41) is 21.2. The van der Waals surface area contributed by atoms with Gasteiger partial charge >= 0.3 is 0 Å². The highest BCUT2D eigenvalue weighted by atomic mass is 16.5. The maximum absolute atomic E-state index is 11.5. The lowest BCUT2D eigenvalue weighted by Crippen LogP contribution is -2.39. The van der Waals surface area contributed by atoms with Crippen LogP contribution in [0.5, 0.6) is 0 Å². The van der Waals surface area contributed by atoms with Crippen LogP contribution in [0, 0.1) is 11.3 Å². The highest BCUT2D eigenvalue weighted by Gasteiger charge is 2.15. The van der Waals surface area contributed by atoms with E-state index in [-0.39, 0.29) is 5.91 Å². The summed E-state index contributed by atoms with van der Waals surface area (Å²) in [4.78, 5) is 18.6. The van der Waals surface area contributed by atoms with E-state index in [9.17, 15) is 10.1 Å². The average molecular weight is 444 g/mol. The van der Waals surface area contributed by atoms with Gasteiger partial charge in [-0.2, -0.15) is 14.9 Å². The largest absolute Gasteiger partial charge is 0.379 e. The number of morpholine rings is 1. The number of carbonyl (C=O) groups is 1. The Hall–Kier alpha value is -3.94. The number of nitriles is 1. The fourth-order valence-electron chi connectivity index (χ4n) is 4.05. The van der Waals surface area contributed by atoms with Gasteiger partial charge in [0.05, 0.1) is 24.9 Å². The van der Waals surface area contributed by atoms with Gasteiger partial charge in [0.15, 0.2) is 5.65 Å². The third kappa shape index (κ3) is 4.24. The third-order valence-corrected chi connectivity index (χ3v) is 5.68. The monoisotopic (exact) mass is 444 g/mol. The van der Waals surface area contributed by atoms with E-state index in [0.717, 1.165) is 56.1 Å². The minimum absolute atomic E-state index is 0.128. The van der Waals surface area contributed by atoms with Gasteiger partial charge in [0.25, 0.3) is 0 Å². The van der Waals surface area contributed by atoms with E-state index in [1.165, 1.54) is 13.1 Å². The Morgan fingerprint density at radius 2 is 2.09 bits per heavy atom. The van der Waals surface area contributed by atoms with Crippen LogP contribution >= 0.6 is 0 Å². The second kappa shape index (κ2) is 8.90. The summed E-state index contributed by atoms with van der Waals surface area (Å²) in [6.45, 7) is 6.44. The molecule has 5 rings (SSSR count). The highest BCUT2D eigenvalue weighted by molar-refractivity contribution is 5.93. The van der Waals surface area contributed by atoms with Gasteiger partial charge in [-0.1, -0.05) is 6.07 Å². The second-order valence-corrected chi connectivity index (χ2v) is 7.93. The lowest BCUT2D eigenvalue weighted by atomic mass is 10.2.